The van der Waals surface area contributed by atoms with Crippen molar-refractivity contribution in [2.24, 2.45) is 0 Å². The van der Waals surface area contributed by atoms with Gasteiger partial charge in [0.05, 0.1) is 12.7 Å². The van der Waals surface area contributed by atoms with Crippen molar-refractivity contribution in [1.82, 2.24) is 25.5 Å². The molecule has 84 valence electrons. The monoisotopic (exact) mass is 217 g/mol. The SMILES string of the molecule is c1c[nH]c(CNC2CCc3[nH]ncc3C2)n1. The Labute approximate surface area is 93.7 Å². The van der Waals surface area contributed by atoms with Crippen molar-refractivity contribution in [3.8, 4) is 0 Å². The van der Waals surface area contributed by atoms with Crippen LogP contribution in [0.25, 0.3) is 0 Å². The predicted octanol–water partition coefficient (Wildman–Crippen LogP) is 0.780. The number of rotatable bonds is 3. The first-order valence-electron chi connectivity index (χ1n) is 5.64. The molecule has 3 N–H and O–H groups in total. The third kappa shape index (κ3) is 1.86. The minimum absolute atomic E-state index is 0.537. The first kappa shape index (κ1) is 9.59. The smallest absolute Gasteiger partial charge is 0.120 e. The van der Waals surface area contributed by atoms with Gasteiger partial charge in [0.15, 0.2) is 0 Å². The van der Waals surface area contributed by atoms with Gasteiger partial charge in [-0.25, -0.2) is 4.98 Å². The first-order chi connectivity index (χ1) is 7.92. The van der Waals surface area contributed by atoms with E-state index in [0.717, 1.165) is 31.6 Å². The van der Waals surface area contributed by atoms with E-state index in [9.17, 15) is 0 Å². The second-order valence-electron chi connectivity index (χ2n) is 4.23. The zero-order valence-electron chi connectivity index (χ0n) is 9.03. The van der Waals surface area contributed by atoms with E-state index < -0.39 is 0 Å². The molecule has 16 heavy (non-hydrogen) atoms. The minimum Gasteiger partial charge on any atom is -0.348 e. The molecule has 0 saturated carbocycles. The quantitative estimate of drug-likeness (QED) is 0.711. The van der Waals surface area contributed by atoms with Gasteiger partial charge in [0.25, 0.3) is 0 Å². The van der Waals surface area contributed by atoms with Crippen LogP contribution in [0.3, 0.4) is 0 Å². The molecule has 1 aliphatic rings. The Bertz CT molecular complexity index is 445. The van der Waals surface area contributed by atoms with Crippen molar-refractivity contribution in [2.45, 2.75) is 31.8 Å². The van der Waals surface area contributed by atoms with Gasteiger partial charge in [-0.15, -0.1) is 0 Å². The van der Waals surface area contributed by atoms with Crippen LogP contribution in [-0.2, 0) is 19.4 Å². The summed E-state index contributed by atoms with van der Waals surface area (Å²) in [7, 11) is 0. The summed E-state index contributed by atoms with van der Waals surface area (Å²) in [5.41, 5.74) is 2.65. The highest BCUT2D eigenvalue weighted by atomic mass is 15.1. The van der Waals surface area contributed by atoms with E-state index >= 15 is 0 Å². The normalized spacial score (nSPS) is 19.6. The highest BCUT2D eigenvalue weighted by Crippen LogP contribution is 2.18. The Morgan fingerprint density at radius 1 is 1.50 bits per heavy atom. The molecule has 3 rings (SSSR count). The molecule has 0 saturated heterocycles. The zero-order chi connectivity index (χ0) is 10.8. The summed E-state index contributed by atoms with van der Waals surface area (Å²) in [4.78, 5) is 7.30. The Morgan fingerprint density at radius 3 is 3.38 bits per heavy atom. The molecule has 1 unspecified atom stereocenters. The highest BCUT2D eigenvalue weighted by Gasteiger charge is 2.19. The number of aromatic nitrogens is 4. The van der Waals surface area contributed by atoms with Crippen LogP contribution in [0, 0.1) is 0 Å². The second-order valence-corrected chi connectivity index (χ2v) is 4.23. The lowest BCUT2D eigenvalue weighted by atomic mass is 9.93. The molecular formula is C11H15N5. The summed E-state index contributed by atoms with van der Waals surface area (Å²) in [6, 6.07) is 0.537. The highest BCUT2D eigenvalue weighted by molar-refractivity contribution is 5.21. The fraction of sp³-hybridized carbons (Fsp3) is 0.455. The summed E-state index contributed by atoms with van der Waals surface area (Å²) >= 11 is 0. The number of hydrogen-bond donors (Lipinski definition) is 3. The van der Waals surface area contributed by atoms with E-state index in [1.807, 2.05) is 12.4 Å². The van der Waals surface area contributed by atoms with Crippen molar-refractivity contribution in [1.29, 1.82) is 0 Å². The Morgan fingerprint density at radius 2 is 2.50 bits per heavy atom. The maximum Gasteiger partial charge on any atom is 0.120 e. The van der Waals surface area contributed by atoms with E-state index in [2.05, 4.69) is 25.5 Å². The molecular weight excluding hydrogens is 202 g/mol. The van der Waals surface area contributed by atoms with Gasteiger partial charge in [0.1, 0.15) is 5.82 Å². The molecule has 2 aromatic heterocycles. The van der Waals surface area contributed by atoms with Crippen LogP contribution >= 0.6 is 0 Å². The second kappa shape index (κ2) is 4.09. The van der Waals surface area contributed by atoms with Gasteiger partial charge in [-0.3, -0.25) is 5.10 Å². The number of hydrogen-bond acceptors (Lipinski definition) is 3. The molecule has 2 heterocycles. The van der Waals surface area contributed by atoms with Crippen molar-refractivity contribution in [2.75, 3.05) is 0 Å². The predicted molar refractivity (Wildman–Crippen MR) is 59.8 cm³/mol. The average molecular weight is 217 g/mol. The lowest BCUT2D eigenvalue weighted by Gasteiger charge is -2.22. The number of nitrogens with one attached hydrogen (secondary N) is 3. The maximum atomic E-state index is 4.20. The summed E-state index contributed by atoms with van der Waals surface area (Å²) < 4.78 is 0. The lowest BCUT2D eigenvalue weighted by molar-refractivity contribution is 0.450. The lowest BCUT2D eigenvalue weighted by Crippen LogP contribution is -2.34. The maximum absolute atomic E-state index is 4.20. The molecule has 5 heteroatoms. The van der Waals surface area contributed by atoms with Gasteiger partial charge in [0, 0.05) is 24.1 Å². The van der Waals surface area contributed by atoms with Crippen molar-refractivity contribution >= 4 is 0 Å². The molecule has 0 bridgehead atoms. The Hall–Kier alpha value is -1.62. The van der Waals surface area contributed by atoms with Crippen LogP contribution in [0.4, 0.5) is 0 Å². The summed E-state index contributed by atoms with van der Waals surface area (Å²) in [5.74, 6) is 0.998. The van der Waals surface area contributed by atoms with Gasteiger partial charge in [-0.05, 0) is 24.8 Å². The molecule has 0 aliphatic heterocycles. The van der Waals surface area contributed by atoms with Gasteiger partial charge in [0.2, 0.25) is 0 Å². The number of nitrogens with zero attached hydrogens (tertiary/aromatic N) is 2. The summed E-state index contributed by atoms with van der Waals surface area (Å²) in [6.07, 6.45) is 8.89. The molecule has 1 atom stereocenters. The van der Waals surface area contributed by atoms with E-state index in [-0.39, 0.29) is 0 Å². The molecule has 0 amide bonds. The van der Waals surface area contributed by atoms with Crippen LogP contribution in [0.1, 0.15) is 23.5 Å². The van der Waals surface area contributed by atoms with Gasteiger partial charge < -0.3 is 10.3 Å². The van der Waals surface area contributed by atoms with E-state index in [1.165, 1.54) is 11.3 Å². The summed E-state index contributed by atoms with van der Waals surface area (Å²) in [6.45, 7) is 0.810. The van der Waals surface area contributed by atoms with Crippen molar-refractivity contribution < 1.29 is 0 Å². The molecule has 0 aromatic carbocycles. The van der Waals surface area contributed by atoms with E-state index in [0.29, 0.717) is 6.04 Å². The van der Waals surface area contributed by atoms with Crippen molar-refractivity contribution in [3.05, 3.63) is 35.7 Å². The standard InChI is InChI=1S/C11H15N5/c1-2-10-8(6-15-16-10)5-9(1)14-7-11-12-3-4-13-11/h3-4,6,9,14H,1-2,5,7H2,(H,12,13)(H,15,16). The molecule has 2 aromatic rings. The van der Waals surface area contributed by atoms with Crippen LogP contribution in [0.5, 0.6) is 0 Å². The molecule has 1 aliphatic carbocycles. The number of aromatic amines is 2. The summed E-state index contributed by atoms with van der Waals surface area (Å²) in [5, 5.41) is 10.6. The zero-order valence-corrected chi connectivity index (χ0v) is 9.03. The average Bonchev–Trinajstić information content (AvgIpc) is 2.97. The third-order valence-corrected chi connectivity index (χ3v) is 3.13. The van der Waals surface area contributed by atoms with E-state index in [4.69, 9.17) is 0 Å². The van der Waals surface area contributed by atoms with Crippen LogP contribution < -0.4 is 5.32 Å². The van der Waals surface area contributed by atoms with Crippen LogP contribution in [-0.4, -0.2) is 26.2 Å². The Balaban J connectivity index is 1.58. The fourth-order valence-corrected chi connectivity index (χ4v) is 2.23. The molecule has 0 spiro atoms. The number of H-pyrrole nitrogens is 2. The van der Waals surface area contributed by atoms with Gasteiger partial charge >= 0.3 is 0 Å². The molecule has 5 nitrogen and oxygen atoms in total. The van der Waals surface area contributed by atoms with Crippen LogP contribution in [0.2, 0.25) is 0 Å². The Kier molecular flexibility index (Phi) is 2.46. The van der Waals surface area contributed by atoms with Gasteiger partial charge in [-0.2, -0.15) is 5.10 Å². The number of fused-ring (bicyclic) bond motifs is 1. The number of imidazole rings is 1. The fourth-order valence-electron chi connectivity index (χ4n) is 2.23. The first-order valence-corrected chi connectivity index (χ1v) is 5.64. The third-order valence-electron chi connectivity index (χ3n) is 3.13. The van der Waals surface area contributed by atoms with Crippen molar-refractivity contribution in [3.63, 3.8) is 0 Å². The number of aryl methyl sites for hydroxylation is 1. The molecule has 0 fully saturated rings. The van der Waals surface area contributed by atoms with Crippen LogP contribution in [0.15, 0.2) is 18.6 Å². The molecule has 0 radical (unpaired) electrons. The van der Waals surface area contributed by atoms with Gasteiger partial charge in [-0.1, -0.05) is 0 Å². The minimum atomic E-state index is 0.537. The largest absolute Gasteiger partial charge is 0.348 e. The van der Waals surface area contributed by atoms with E-state index in [1.54, 1.807) is 6.20 Å². The topological polar surface area (TPSA) is 69.4 Å².